The molecule has 0 aliphatic heterocycles. The molecule has 1 aromatic carbocycles. The molecule has 1 aliphatic carbocycles. The quantitative estimate of drug-likeness (QED) is 0.871. The molecule has 0 amide bonds. The van der Waals surface area contributed by atoms with Crippen molar-refractivity contribution in [2.75, 3.05) is 7.11 Å². The van der Waals surface area contributed by atoms with Crippen molar-refractivity contribution in [2.24, 2.45) is 0 Å². The average Bonchev–Trinajstić information content (AvgIpc) is 2.38. The fourth-order valence-electron chi connectivity index (χ4n) is 2.76. The lowest BCUT2D eigenvalue weighted by atomic mass is 9.86. The summed E-state index contributed by atoms with van der Waals surface area (Å²) >= 11 is 0. The smallest absolute Gasteiger partial charge is 0.303 e. The number of rotatable bonds is 5. The summed E-state index contributed by atoms with van der Waals surface area (Å²) in [5.41, 5.74) is 4.06. The summed E-state index contributed by atoms with van der Waals surface area (Å²) in [4.78, 5) is 10.6. The number of benzene rings is 1. The topological polar surface area (TPSA) is 46.5 Å². The molecule has 98 valence electrons. The van der Waals surface area contributed by atoms with Gasteiger partial charge in [-0.25, -0.2) is 0 Å². The molecule has 0 unspecified atom stereocenters. The third-order valence-corrected chi connectivity index (χ3v) is 3.65. The maximum Gasteiger partial charge on any atom is 0.303 e. The van der Waals surface area contributed by atoms with Crippen molar-refractivity contribution in [1.29, 1.82) is 0 Å². The van der Waals surface area contributed by atoms with Gasteiger partial charge in [-0.1, -0.05) is 6.07 Å². The van der Waals surface area contributed by atoms with E-state index in [0.29, 0.717) is 6.42 Å². The number of carboxylic acids is 1. The van der Waals surface area contributed by atoms with Crippen molar-refractivity contribution < 1.29 is 14.6 Å². The summed E-state index contributed by atoms with van der Waals surface area (Å²) < 4.78 is 5.42. The van der Waals surface area contributed by atoms with Gasteiger partial charge in [0.05, 0.1) is 7.11 Å². The number of aliphatic carboxylic acids is 1. The first-order valence-corrected chi connectivity index (χ1v) is 6.62. The van der Waals surface area contributed by atoms with E-state index in [4.69, 9.17) is 9.84 Å². The highest BCUT2D eigenvalue weighted by atomic mass is 16.5. The van der Waals surface area contributed by atoms with E-state index < -0.39 is 5.97 Å². The van der Waals surface area contributed by atoms with Crippen LogP contribution in [-0.2, 0) is 24.1 Å². The van der Waals surface area contributed by atoms with Gasteiger partial charge in [-0.05, 0) is 61.3 Å². The van der Waals surface area contributed by atoms with Gasteiger partial charge < -0.3 is 9.84 Å². The first-order valence-electron chi connectivity index (χ1n) is 6.62. The lowest BCUT2D eigenvalue weighted by Crippen LogP contribution is -2.09. The predicted octanol–water partition coefficient (Wildman–Crippen LogP) is 2.98. The molecule has 0 heterocycles. The largest absolute Gasteiger partial charge is 0.496 e. The van der Waals surface area contributed by atoms with E-state index in [0.717, 1.165) is 25.0 Å². The van der Waals surface area contributed by atoms with E-state index in [1.807, 2.05) is 6.07 Å². The molecule has 0 fully saturated rings. The molecule has 1 aliphatic rings. The first-order chi connectivity index (χ1) is 8.72. The first kappa shape index (κ1) is 12.9. The lowest BCUT2D eigenvalue weighted by Gasteiger charge is -2.22. The molecule has 18 heavy (non-hydrogen) atoms. The number of fused-ring (bicyclic) bond motifs is 1. The third kappa shape index (κ3) is 2.84. The molecule has 0 bridgehead atoms. The van der Waals surface area contributed by atoms with Crippen molar-refractivity contribution in [3.8, 4) is 5.75 Å². The second kappa shape index (κ2) is 5.89. The SMILES string of the molecule is COc1ccc(CCCC(=O)O)c2c1CCCC2. The van der Waals surface area contributed by atoms with E-state index in [-0.39, 0.29) is 6.42 Å². The molecule has 1 aromatic rings. The fourth-order valence-corrected chi connectivity index (χ4v) is 2.76. The summed E-state index contributed by atoms with van der Waals surface area (Å²) in [5.74, 6) is 0.282. The molecule has 0 saturated heterocycles. The Balaban J connectivity index is 2.17. The lowest BCUT2D eigenvalue weighted by molar-refractivity contribution is -0.137. The minimum atomic E-state index is -0.711. The van der Waals surface area contributed by atoms with Crippen molar-refractivity contribution in [3.05, 3.63) is 28.8 Å². The molecule has 0 atom stereocenters. The minimum Gasteiger partial charge on any atom is -0.496 e. The summed E-state index contributed by atoms with van der Waals surface area (Å²) in [6.45, 7) is 0. The van der Waals surface area contributed by atoms with Crippen LogP contribution in [-0.4, -0.2) is 18.2 Å². The van der Waals surface area contributed by atoms with Crippen molar-refractivity contribution >= 4 is 5.97 Å². The van der Waals surface area contributed by atoms with E-state index in [1.54, 1.807) is 7.11 Å². The zero-order valence-electron chi connectivity index (χ0n) is 10.9. The number of carbonyl (C=O) groups is 1. The van der Waals surface area contributed by atoms with Crippen LogP contribution in [0.25, 0.3) is 0 Å². The zero-order valence-corrected chi connectivity index (χ0v) is 10.9. The molecule has 3 heteroatoms. The third-order valence-electron chi connectivity index (χ3n) is 3.65. The Labute approximate surface area is 108 Å². The van der Waals surface area contributed by atoms with E-state index in [1.165, 1.54) is 29.5 Å². The van der Waals surface area contributed by atoms with Crippen LogP contribution in [0.3, 0.4) is 0 Å². The van der Waals surface area contributed by atoms with Gasteiger partial charge in [-0.15, -0.1) is 0 Å². The summed E-state index contributed by atoms with van der Waals surface area (Å²) in [6.07, 6.45) is 6.47. The van der Waals surface area contributed by atoms with Crippen LogP contribution in [0.2, 0.25) is 0 Å². The number of methoxy groups -OCH3 is 1. The van der Waals surface area contributed by atoms with E-state index in [9.17, 15) is 4.79 Å². The molecule has 1 N–H and O–H groups in total. The molecule has 0 saturated carbocycles. The predicted molar refractivity (Wildman–Crippen MR) is 70.2 cm³/mol. The second-order valence-corrected chi connectivity index (χ2v) is 4.84. The molecule has 0 radical (unpaired) electrons. The second-order valence-electron chi connectivity index (χ2n) is 4.84. The van der Waals surface area contributed by atoms with Crippen LogP contribution in [0.15, 0.2) is 12.1 Å². The van der Waals surface area contributed by atoms with Gasteiger partial charge in [0.1, 0.15) is 5.75 Å². The van der Waals surface area contributed by atoms with Gasteiger partial charge in [0, 0.05) is 6.42 Å². The van der Waals surface area contributed by atoms with Crippen molar-refractivity contribution in [3.63, 3.8) is 0 Å². The molecular formula is C15H20O3. The minimum absolute atomic E-state index is 0.251. The van der Waals surface area contributed by atoms with Gasteiger partial charge in [-0.3, -0.25) is 4.79 Å². The Kier molecular flexibility index (Phi) is 4.24. The van der Waals surface area contributed by atoms with Crippen LogP contribution < -0.4 is 4.74 Å². The highest BCUT2D eigenvalue weighted by Crippen LogP contribution is 2.32. The van der Waals surface area contributed by atoms with Gasteiger partial charge in [-0.2, -0.15) is 0 Å². The molecule has 3 nitrogen and oxygen atoms in total. The summed E-state index contributed by atoms with van der Waals surface area (Å²) in [6, 6.07) is 4.13. The van der Waals surface area contributed by atoms with Crippen LogP contribution in [0.4, 0.5) is 0 Å². The van der Waals surface area contributed by atoms with Crippen LogP contribution in [0, 0.1) is 0 Å². The van der Waals surface area contributed by atoms with Gasteiger partial charge >= 0.3 is 5.97 Å². The summed E-state index contributed by atoms with van der Waals surface area (Å²) in [5, 5.41) is 8.69. The molecule has 2 rings (SSSR count). The number of aryl methyl sites for hydroxylation is 1. The molecule has 0 aromatic heterocycles. The van der Waals surface area contributed by atoms with E-state index >= 15 is 0 Å². The maximum atomic E-state index is 10.6. The van der Waals surface area contributed by atoms with E-state index in [2.05, 4.69) is 6.07 Å². The number of ether oxygens (including phenoxy) is 1. The molecule has 0 spiro atoms. The Hall–Kier alpha value is -1.51. The van der Waals surface area contributed by atoms with Gasteiger partial charge in [0.2, 0.25) is 0 Å². The molecular weight excluding hydrogens is 228 g/mol. The number of hydrogen-bond donors (Lipinski definition) is 1. The highest BCUT2D eigenvalue weighted by Gasteiger charge is 2.17. The van der Waals surface area contributed by atoms with Crippen LogP contribution >= 0.6 is 0 Å². The number of hydrogen-bond acceptors (Lipinski definition) is 2. The highest BCUT2D eigenvalue weighted by molar-refractivity contribution is 5.66. The maximum absolute atomic E-state index is 10.6. The fraction of sp³-hybridized carbons (Fsp3) is 0.533. The average molecular weight is 248 g/mol. The Morgan fingerprint density at radius 2 is 2.00 bits per heavy atom. The summed E-state index contributed by atoms with van der Waals surface area (Å²) in [7, 11) is 1.72. The van der Waals surface area contributed by atoms with Gasteiger partial charge in [0.15, 0.2) is 0 Å². The Morgan fingerprint density at radius 1 is 1.28 bits per heavy atom. The Bertz CT molecular complexity index is 438. The monoisotopic (exact) mass is 248 g/mol. The van der Waals surface area contributed by atoms with Crippen LogP contribution in [0.1, 0.15) is 42.4 Å². The van der Waals surface area contributed by atoms with Crippen molar-refractivity contribution in [1.82, 2.24) is 0 Å². The van der Waals surface area contributed by atoms with Crippen LogP contribution in [0.5, 0.6) is 5.75 Å². The Morgan fingerprint density at radius 3 is 2.67 bits per heavy atom. The van der Waals surface area contributed by atoms with Gasteiger partial charge in [0.25, 0.3) is 0 Å². The van der Waals surface area contributed by atoms with Crippen molar-refractivity contribution in [2.45, 2.75) is 44.9 Å². The normalized spacial score (nSPS) is 14.1. The standard InChI is InChI=1S/C15H20O3/c1-18-14-10-9-11(5-4-8-15(16)17)12-6-2-3-7-13(12)14/h9-10H,2-8H2,1H3,(H,16,17). The number of carboxylic acid groups (broad SMARTS) is 1. The zero-order chi connectivity index (χ0) is 13.0.